The maximum atomic E-state index is 14.1. The van der Waals surface area contributed by atoms with Gasteiger partial charge >= 0.3 is 11.9 Å². The average Bonchev–Trinajstić information content (AvgIpc) is 3.03. The summed E-state index contributed by atoms with van der Waals surface area (Å²) in [6, 6.07) is 20.7. The fraction of sp³-hybridized carbons (Fsp3) is 0.147. The smallest absolute Gasteiger partial charge is 0.343 e. The molecule has 0 bridgehead atoms. The van der Waals surface area contributed by atoms with Crippen molar-refractivity contribution in [1.82, 2.24) is 0 Å². The molecule has 0 aliphatic rings. The van der Waals surface area contributed by atoms with Gasteiger partial charge in [0.25, 0.3) is 0 Å². The van der Waals surface area contributed by atoms with Gasteiger partial charge in [-0.1, -0.05) is 86.1 Å². The molecule has 0 aliphatic carbocycles. The van der Waals surface area contributed by atoms with Gasteiger partial charge in [0.15, 0.2) is 28.8 Å². The number of aromatic hydroxyl groups is 2. The van der Waals surface area contributed by atoms with Gasteiger partial charge in [-0.05, 0) is 25.5 Å². The molecule has 9 heteroatoms. The Kier molecular flexibility index (Phi) is 9.47. The molecule has 2 N–H and O–H groups in total. The summed E-state index contributed by atoms with van der Waals surface area (Å²) in [7, 11) is 0. The van der Waals surface area contributed by atoms with Crippen LogP contribution in [0.3, 0.4) is 0 Å². The van der Waals surface area contributed by atoms with Crippen molar-refractivity contribution >= 4 is 29.3 Å². The Bertz CT molecular complexity index is 1690. The number of hydrogen-bond acceptors (Lipinski definition) is 9. The van der Waals surface area contributed by atoms with Gasteiger partial charge in [0.05, 0.1) is 28.9 Å². The van der Waals surface area contributed by atoms with Crippen molar-refractivity contribution in [3.05, 3.63) is 124 Å². The lowest BCUT2D eigenvalue weighted by Crippen LogP contribution is -2.22. The number of hydrogen-bond donors (Lipinski definition) is 2. The van der Waals surface area contributed by atoms with Crippen molar-refractivity contribution in [2.24, 2.45) is 0 Å². The predicted octanol–water partition coefficient (Wildman–Crippen LogP) is 5.94. The van der Waals surface area contributed by atoms with Crippen molar-refractivity contribution < 1.29 is 43.7 Å². The number of benzene rings is 4. The van der Waals surface area contributed by atoms with E-state index in [4.69, 9.17) is 9.47 Å². The molecule has 0 amide bonds. The third kappa shape index (κ3) is 6.51. The van der Waals surface area contributed by atoms with E-state index in [1.165, 1.54) is 55.5 Å². The molecule has 9 nitrogen and oxygen atoms in total. The fourth-order valence-corrected chi connectivity index (χ4v) is 4.28. The third-order valence-electron chi connectivity index (χ3n) is 6.59. The summed E-state index contributed by atoms with van der Waals surface area (Å²) in [6.45, 7) is 3.14. The van der Waals surface area contributed by atoms with Crippen LogP contribution in [0.4, 0.5) is 0 Å². The lowest BCUT2D eigenvalue weighted by atomic mass is 9.88. The summed E-state index contributed by atoms with van der Waals surface area (Å²) in [5, 5.41) is 22.3. The highest BCUT2D eigenvalue weighted by atomic mass is 16.5. The van der Waals surface area contributed by atoms with Crippen LogP contribution in [0.5, 0.6) is 17.2 Å². The highest BCUT2D eigenvalue weighted by Crippen LogP contribution is 2.46. The molecule has 4 aromatic rings. The van der Waals surface area contributed by atoms with Gasteiger partial charge in [0.1, 0.15) is 0 Å². The van der Waals surface area contributed by atoms with Crippen LogP contribution in [-0.4, -0.2) is 46.1 Å². The molecular formula is C34H28O9. The Morgan fingerprint density at radius 2 is 1.12 bits per heavy atom. The zero-order chi connectivity index (χ0) is 31.1. The third-order valence-corrected chi connectivity index (χ3v) is 6.59. The summed E-state index contributed by atoms with van der Waals surface area (Å²) in [5.41, 5.74) is -1.73. The highest BCUT2D eigenvalue weighted by molar-refractivity contribution is 6.24. The highest BCUT2D eigenvalue weighted by Gasteiger charge is 2.37. The Hall–Kier alpha value is -5.57. The van der Waals surface area contributed by atoms with Gasteiger partial charge in [0, 0.05) is 16.7 Å². The average molecular weight is 581 g/mol. The van der Waals surface area contributed by atoms with E-state index in [1.807, 2.05) is 6.92 Å². The predicted molar refractivity (Wildman–Crippen MR) is 156 cm³/mol. The molecule has 0 radical (unpaired) electrons. The van der Waals surface area contributed by atoms with Crippen molar-refractivity contribution in [2.45, 2.75) is 26.7 Å². The number of phenols is 2. The van der Waals surface area contributed by atoms with E-state index < -0.39 is 57.4 Å². The maximum Gasteiger partial charge on any atom is 0.343 e. The first kappa shape index (κ1) is 30.4. The molecule has 0 unspecified atom stereocenters. The Balaban J connectivity index is 2.03. The van der Waals surface area contributed by atoms with Gasteiger partial charge in [0.2, 0.25) is 5.75 Å². The molecule has 4 aromatic carbocycles. The molecule has 0 saturated carbocycles. The summed E-state index contributed by atoms with van der Waals surface area (Å²) < 4.78 is 10.9. The number of carbonyl (C=O) groups is 5. The Morgan fingerprint density at radius 3 is 1.67 bits per heavy atom. The molecule has 218 valence electrons. The van der Waals surface area contributed by atoms with E-state index in [2.05, 4.69) is 0 Å². The van der Waals surface area contributed by atoms with Gasteiger partial charge in [-0.2, -0.15) is 0 Å². The molecule has 0 saturated heterocycles. The van der Waals surface area contributed by atoms with Crippen LogP contribution in [0.25, 0.3) is 0 Å². The lowest BCUT2D eigenvalue weighted by Gasteiger charge is -2.20. The molecule has 0 atom stereocenters. The summed E-state index contributed by atoms with van der Waals surface area (Å²) >= 11 is 0. The Labute approximate surface area is 247 Å². The number of ketones is 3. The minimum atomic E-state index is -1.15. The normalized spacial score (nSPS) is 10.6. The Morgan fingerprint density at radius 1 is 0.605 bits per heavy atom. The number of carbonyl (C=O) groups excluding carboxylic acids is 5. The first-order valence-corrected chi connectivity index (χ1v) is 13.5. The van der Waals surface area contributed by atoms with E-state index in [0.29, 0.717) is 18.4 Å². The van der Waals surface area contributed by atoms with Gasteiger partial charge in [-0.3, -0.25) is 14.4 Å². The number of unbranched alkanes of at least 4 members (excludes halogenated alkanes) is 1. The van der Waals surface area contributed by atoms with Crippen molar-refractivity contribution in [1.29, 1.82) is 0 Å². The van der Waals surface area contributed by atoms with Crippen LogP contribution in [0.2, 0.25) is 0 Å². The fourth-order valence-electron chi connectivity index (χ4n) is 4.28. The molecule has 0 spiro atoms. The van der Waals surface area contributed by atoms with Crippen LogP contribution < -0.4 is 4.74 Å². The number of phenolic OH excluding ortho intramolecular Hbond substituents is 2. The SMILES string of the molecule is CCCCOC(=O)c1c(C(=O)c2ccccc2)c(O)c(O)c(OC(=O)c2ccccc2)c1C(=O)c1ccc(C(C)=O)cc1. The van der Waals surface area contributed by atoms with Crippen molar-refractivity contribution in [2.75, 3.05) is 6.61 Å². The topological polar surface area (TPSA) is 144 Å². The summed E-state index contributed by atoms with van der Waals surface area (Å²) in [5.74, 6) is -7.25. The van der Waals surface area contributed by atoms with E-state index in [1.54, 1.807) is 36.4 Å². The zero-order valence-electron chi connectivity index (χ0n) is 23.5. The van der Waals surface area contributed by atoms with E-state index in [-0.39, 0.29) is 29.1 Å². The van der Waals surface area contributed by atoms with Crippen LogP contribution in [-0.2, 0) is 4.74 Å². The van der Waals surface area contributed by atoms with E-state index in [0.717, 1.165) is 0 Å². The van der Waals surface area contributed by atoms with Crippen LogP contribution in [0.1, 0.15) is 89.6 Å². The second-order valence-corrected chi connectivity index (χ2v) is 9.55. The first-order valence-electron chi connectivity index (χ1n) is 13.5. The van der Waals surface area contributed by atoms with Crippen molar-refractivity contribution in [3.8, 4) is 17.2 Å². The summed E-state index contributed by atoms with van der Waals surface area (Å²) in [4.78, 5) is 66.4. The van der Waals surface area contributed by atoms with Crippen LogP contribution in [0, 0.1) is 0 Å². The minimum absolute atomic E-state index is 0.0399. The quantitative estimate of drug-likeness (QED) is 0.0724. The largest absolute Gasteiger partial charge is 0.504 e. The minimum Gasteiger partial charge on any atom is -0.504 e. The molecule has 4 rings (SSSR count). The maximum absolute atomic E-state index is 14.1. The van der Waals surface area contributed by atoms with Crippen LogP contribution in [0.15, 0.2) is 84.9 Å². The molecular weight excluding hydrogens is 552 g/mol. The monoisotopic (exact) mass is 580 g/mol. The zero-order valence-corrected chi connectivity index (χ0v) is 23.5. The van der Waals surface area contributed by atoms with Gasteiger partial charge in [-0.15, -0.1) is 0 Å². The number of esters is 2. The lowest BCUT2D eigenvalue weighted by molar-refractivity contribution is 0.0491. The number of Topliss-reactive ketones (excluding diaryl/α,β-unsaturated/α-hetero) is 1. The van der Waals surface area contributed by atoms with Gasteiger partial charge < -0.3 is 19.7 Å². The molecule has 0 heterocycles. The molecule has 43 heavy (non-hydrogen) atoms. The van der Waals surface area contributed by atoms with Crippen molar-refractivity contribution in [3.63, 3.8) is 0 Å². The van der Waals surface area contributed by atoms with Gasteiger partial charge in [-0.25, -0.2) is 9.59 Å². The second kappa shape index (κ2) is 13.4. The molecule has 0 aliphatic heterocycles. The van der Waals surface area contributed by atoms with Crippen LogP contribution >= 0.6 is 0 Å². The summed E-state index contributed by atoms with van der Waals surface area (Å²) in [6.07, 6.45) is 1.13. The standard InChI is InChI=1S/C34H28O9/c1-3-4-19-42-34(41)25-26(28(36)22-11-7-5-8-12-22)30(38)31(39)32(43-33(40)24-13-9-6-10-14-24)27(25)29(37)23-17-15-21(16-18-23)20(2)35/h5-18,38-39H,3-4,19H2,1-2H3. The van der Waals surface area contributed by atoms with E-state index in [9.17, 15) is 34.2 Å². The molecule has 0 fully saturated rings. The first-order chi connectivity index (χ1) is 20.6. The molecule has 0 aromatic heterocycles. The number of rotatable bonds is 11. The van der Waals surface area contributed by atoms with E-state index >= 15 is 0 Å². The second-order valence-electron chi connectivity index (χ2n) is 9.55. The number of ether oxygens (including phenoxy) is 2.